The lowest BCUT2D eigenvalue weighted by atomic mass is 10.1. The van der Waals surface area contributed by atoms with Crippen LogP contribution in [0.2, 0.25) is 0 Å². The Labute approximate surface area is 99.8 Å². The second-order valence-electron chi connectivity index (χ2n) is 4.37. The predicted octanol–water partition coefficient (Wildman–Crippen LogP) is 1.18. The van der Waals surface area contributed by atoms with Gasteiger partial charge in [-0.1, -0.05) is 6.07 Å². The van der Waals surface area contributed by atoms with Crippen LogP contribution in [0.25, 0.3) is 0 Å². The minimum atomic E-state index is -0.816. The van der Waals surface area contributed by atoms with Gasteiger partial charge in [0.25, 0.3) is 0 Å². The SMILES string of the molecule is CN1CCN(c2ccc(CN)c(F)c2F)CC1. The fraction of sp³-hybridized carbons (Fsp3) is 0.500. The van der Waals surface area contributed by atoms with Crippen LogP contribution in [0, 0.1) is 11.6 Å². The first-order valence-electron chi connectivity index (χ1n) is 5.74. The zero-order valence-corrected chi connectivity index (χ0v) is 9.92. The minimum Gasteiger partial charge on any atom is -0.367 e. The van der Waals surface area contributed by atoms with Gasteiger partial charge in [-0.05, 0) is 13.1 Å². The van der Waals surface area contributed by atoms with E-state index in [1.165, 1.54) is 0 Å². The van der Waals surface area contributed by atoms with Crippen molar-refractivity contribution < 1.29 is 8.78 Å². The van der Waals surface area contributed by atoms with Crippen molar-refractivity contribution in [1.82, 2.24) is 4.90 Å². The average Bonchev–Trinajstić information content (AvgIpc) is 2.34. The van der Waals surface area contributed by atoms with E-state index in [9.17, 15) is 8.78 Å². The third-order valence-electron chi connectivity index (χ3n) is 3.21. The number of anilines is 1. The molecule has 2 N–H and O–H groups in total. The number of benzene rings is 1. The van der Waals surface area contributed by atoms with E-state index in [0.717, 1.165) is 26.2 Å². The summed E-state index contributed by atoms with van der Waals surface area (Å²) in [5.41, 5.74) is 5.90. The van der Waals surface area contributed by atoms with E-state index < -0.39 is 11.6 Å². The zero-order chi connectivity index (χ0) is 12.4. The molecule has 1 aliphatic rings. The van der Waals surface area contributed by atoms with E-state index in [1.54, 1.807) is 12.1 Å². The Kier molecular flexibility index (Phi) is 3.59. The van der Waals surface area contributed by atoms with Crippen LogP contribution in [0.1, 0.15) is 5.56 Å². The first kappa shape index (κ1) is 12.3. The van der Waals surface area contributed by atoms with E-state index in [2.05, 4.69) is 4.90 Å². The average molecular weight is 241 g/mol. The normalized spacial score (nSPS) is 17.5. The van der Waals surface area contributed by atoms with Crippen LogP contribution in [0.4, 0.5) is 14.5 Å². The van der Waals surface area contributed by atoms with Crippen LogP contribution < -0.4 is 10.6 Å². The highest BCUT2D eigenvalue weighted by Gasteiger charge is 2.20. The summed E-state index contributed by atoms with van der Waals surface area (Å²) >= 11 is 0. The Bertz CT molecular complexity index is 401. The van der Waals surface area contributed by atoms with Crippen LogP contribution in [-0.2, 0) is 6.54 Å². The number of nitrogens with zero attached hydrogens (tertiary/aromatic N) is 2. The van der Waals surface area contributed by atoms with Gasteiger partial charge in [-0.3, -0.25) is 0 Å². The molecule has 1 fully saturated rings. The number of hydrogen-bond acceptors (Lipinski definition) is 3. The molecule has 0 aliphatic carbocycles. The van der Waals surface area contributed by atoms with Crippen molar-refractivity contribution >= 4 is 5.69 Å². The molecule has 1 heterocycles. The van der Waals surface area contributed by atoms with Crippen molar-refractivity contribution in [3.05, 3.63) is 29.3 Å². The molecule has 1 aromatic rings. The third kappa shape index (κ3) is 2.40. The number of halogens is 2. The summed E-state index contributed by atoms with van der Waals surface area (Å²) in [6.45, 7) is 3.18. The number of likely N-dealkylation sites (N-methyl/N-ethyl adjacent to an activating group) is 1. The standard InChI is InChI=1S/C12H17F2N3/c1-16-4-6-17(7-5-16)10-3-2-9(8-15)11(13)12(10)14/h2-3H,4-8,15H2,1H3. The first-order chi connectivity index (χ1) is 8.13. The van der Waals surface area contributed by atoms with Crippen molar-refractivity contribution in [2.24, 2.45) is 5.73 Å². The molecular formula is C12H17F2N3. The summed E-state index contributed by atoms with van der Waals surface area (Å²) in [4.78, 5) is 4.04. The molecule has 0 radical (unpaired) electrons. The van der Waals surface area contributed by atoms with Crippen LogP contribution >= 0.6 is 0 Å². The highest BCUT2D eigenvalue weighted by molar-refractivity contribution is 5.50. The first-order valence-corrected chi connectivity index (χ1v) is 5.74. The summed E-state index contributed by atoms with van der Waals surface area (Å²) in [6.07, 6.45) is 0. The molecule has 3 nitrogen and oxygen atoms in total. The van der Waals surface area contributed by atoms with Gasteiger partial charge in [-0.25, -0.2) is 8.78 Å². The summed E-state index contributed by atoms with van der Waals surface area (Å²) in [6, 6.07) is 3.18. The molecule has 0 bridgehead atoms. The molecule has 5 heteroatoms. The van der Waals surface area contributed by atoms with Crippen molar-refractivity contribution in [2.75, 3.05) is 38.1 Å². The molecule has 0 spiro atoms. The van der Waals surface area contributed by atoms with Gasteiger partial charge in [-0.2, -0.15) is 0 Å². The van der Waals surface area contributed by atoms with E-state index in [-0.39, 0.29) is 12.1 Å². The van der Waals surface area contributed by atoms with Crippen molar-refractivity contribution in [3.8, 4) is 0 Å². The molecule has 1 aliphatic heterocycles. The summed E-state index contributed by atoms with van der Waals surface area (Å²) in [5, 5.41) is 0. The number of piperazine rings is 1. The van der Waals surface area contributed by atoms with Crippen molar-refractivity contribution in [3.63, 3.8) is 0 Å². The monoisotopic (exact) mass is 241 g/mol. The van der Waals surface area contributed by atoms with Crippen LogP contribution in [0.15, 0.2) is 12.1 Å². The largest absolute Gasteiger partial charge is 0.367 e. The number of hydrogen-bond donors (Lipinski definition) is 1. The fourth-order valence-electron chi connectivity index (χ4n) is 2.03. The second-order valence-corrected chi connectivity index (χ2v) is 4.37. The Morgan fingerprint density at radius 3 is 2.35 bits per heavy atom. The van der Waals surface area contributed by atoms with Gasteiger partial charge in [0.1, 0.15) is 0 Å². The fourth-order valence-corrected chi connectivity index (χ4v) is 2.03. The Hall–Kier alpha value is -1.20. The summed E-state index contributed by atoms with van der Waals surface area (Å²) < 4.78 is 27.4. The van der Waals surface area contributed by atoms with E-state index in [0.29, 0.717) is 5.69 Å². The highest BCUT2D eigenvalue weighted by atomic mass is 19.2. The maximum absolute atomic E-state index is 13.8. The molecule has 0 saturated carbocycles. The molecule has 1 aromatic carbocycles. The lowest BCUT2D eigenvalue weighted by Gasteiger charge is -2.34. The number of nitrogens with two attached hydrogens (primary N) is 1. The smallest absolute Gasteiger partial charge is 0.182 e. The molecule has 0 aromatic heterocycles. The lowest BCUT2D eigenvalue weighted by molar-refractivity contribution is 0.311. The van der Waals surface area contributed by atoms with Gasteiger partial charge in [0.05, 0.1) is 5.69 Å². The molecule has 0 unspecified atom stereocenters. The molecule has 17 heavy (non-hydrogen) atoms. The molecule has 0 amide bonds. The topological polar surface area (TPSA) is 32.5 Å². The predicted molar refractivity (Wildman–Crippen MR) is 64.0 cm³/mol. The van der Waals surface area contributed by atoms with Crippen molar-refractivity contribution in [1.29, 1.82) is 0 Å². The summed E-state index contributed by atoms with van der Waals surface area (Å²) in [7, 11) is 2.02. The zero-order valence-electron chi connectivity index (χ0n) is 9.92. The van der Waals surface area contributed by atoms with Crippen molar-refractivity contribution in [2.45, 2.75) is 6.54 Å². The molecule has 1 saturated heterocycles. The number of rotatable bonds is 2. The van der Waals surface area contributed by atoms with E-state index in [1.807, 2.05) is 11.9 Å². The molecule has 94 valence electrons. The van der Waals surface area contributed by atoms with Crippen LogP contribution in [0.5, 0.6) is 0 Å². The minimum absolute atomic E-state index is 0.0196. The third-order valence-corrected chi connectivity index (χ3v) is 3.21. The quantitative estimate of drug-likeness (QED) is 0.843. The molecular weight excluding hydrogens is 224 g/mol. The Balaban J connectivity index is 2.24. The van der Waals surface area contributed by atoms with Gasteiger partial charge in [0.2, 0.25) is 0 Å². The molecule has 0 atom stereocenters. The van der Waals surface area contributed by atoms with Crippen LogP contribution in [-0.4, -0.2) is 38.1 Å². The second kappa shape index (κ2) is 4.98. The molecule has 2 rings (SSSR count). The van der Waals surface area contributed by atoms with Crippen LogP contribution in [0.3, 0.4) is 0 Å². The van der Waals surface area contributed by atoms with E-state index in [4.69, 9.17) is 5.73 Å². The maximum Gasteiger partial charge on any atom is 0.182 e. The van der Waals surface area contributed by atoms with E-state index >= 15 is 0 Å². The van der Waals surface area contributed by atoms with Gasteiger partial charge in [-0.15, -0.1) is 0 Å². The maximum atomic E-state index is 13.8. The van der Waals surface area contributed by atoms with Gasteiger partial charge in [0, 0.05) is 38.3 Å². The lowest BCUT2D eigenvalue weighted by Crippen LogP contribution is -2.44. The Morgan fingerprint density at radius 2 is 1.76 bits per heavy atom. The Morgan fingerprint density at radius 1 is 1.12 bits per heavy atom. The van der Waals surface area contributed by atoms with Gasteiger partial charge >= 0.3 is 0 Å². The van der Waals surface area contributed by atoms with Gasteiger partial charge < -0.3 is 15.5 Å². The summed E-state index contributed by atoms with van der Waals surface area (Å²) in [5.74, 6) is -1.60. The highest BCUT2D eigenvalue weighted by Crippen LogP contribution is 2.24. The van der Waals surface area contributed by atoms with Gasteiger partial charge in [0.15, 0.2) is 11.6 Å².